The minimum absolute atomic E-state index is 0.373. The molecule has 0 aromatic heterocycles. The number of nitrogens with one attached hydrogen (secondary N) is 1. The summed E-state index contributed by atoms with van der Waals surface area (Å²) >= 11 is 3.76. The third-order valence-corrected chi connectivity index (χ3v) is 5.69. The van der Waals surface area contributed by atoms with E-state index in [9.17, 15) is 0 Å². The first-order chi connectivity index (χ1) is 9.11. The molecule has 0 atom stereocenters. The van der Waals surface area contributed by atoms with E-state index in [1.54, 1.807) is 0 Å². The Bertz CT molecular complexity index is 439. The molecule has 0 bridgehead atoms. The van der Waals surface area contributed by atoms with E-state index < -0.39 is 0 Å². The van der Waals surface area contributed by atoms with Gasteiger partial charge in [-0.25, -0.2) is 0 Å². The third kappa shape index (κ3) is 2.75. The molecule has 2 fully saturated rings. The highest BCUT2D eigenvalue weighted by molar-refractivity contribution is 9.10. The summed E-state index contributed by atoms with van der Waals surface area (Å²) in [5.74, 6) is 1.71. The van der Waals surface area contributed by atoms with Crippen LogP contribution in [0.4, 0.5) is 0 Å². The summed E-state index contributed by atoms with van der Waals surface area (Å²) < 4.78 is 1.29. The largest absolute Gasteiger partial charge is 0.313 e. The minimum atomic E-state index is 0.373. The van der Waals surface area contributed by atoms with E-state index in [0.29, 0.717) is 5.41 Å². The molecule has 19 heavy (non-hydrogen) atoms. The summed E-state index contributed by atoms with van der Waals surface area (Å²) in [6.45, 7) is 5.88. The van der Waals surface area contributed by atoms with Crippen molar-refractivity contribution in [2.24, 2.45) is 11.8 Å². The normalized spacial score (nSPS) is 30.4. The van der Waals surface area contributed by atoms with Crippen molar-refractivity contribution in [3.05, 3.63) is 34.3 Å². The second-order valence-electron chi connectivity index (χ2n) is 6.83. The zero-order chi connectivity index (χ0) is 13.5. The Hall–Kier alpha value is -0.340. The summed E-state index contributed by atoms with van der Waals surface area (Å²) in [7, 11) is 0. The lowest BCUT2D eigenvalue weighted by Crippen LogP contribution is -2.50. The molecular weight excluding hydrogens is 298 g/mol. The van der Waals surface area contributed by atoms with Gasteiger partial charge in [0.05, 0.1) is 0 Å². The van der Waals surface area contributed by atoms with Crippen LogP contribution in [0.3, 0.4) is 0 Å². The first kappa shape index (κ1) is 13.6. The Morgan fingerprint density at radius 3 is 2.53 bits per heavy atom. The number of rotatable bonds is 5. The van der Waals surface area contributed by atoms with Gasteiger partial charge in [0.2, 0.25) is 0 Å². The molecule has 0 amide bonds. The quantitative estimate of drug-likeness (QED) is 0.841. The predicted octanol–water partition coefficient (Wildman–Crippen LogP) is 4.50. The summed E-state index contributed by atoms with van der Waals surface area (Å²) in [4.78, 5) is 0. The molecule has 2 aliphatic rings. The van der Waals surface area contributed by atoms with Gasteiger partial charge in [-0.1, -0.05) is 48.0 Å². The van der Waals surface area contributed by atoms with Crippen LogP contribution in [0.15, 0.2) is 28.7 Å². The fourth-order valence-corrected chi connectivity index (χ4v) is 4.10. The SMILES string of the molecule is CC(C)C1CC(CNC2CC2)(c2ccccc2Br)C1. The maximum Gasteiger partial charge on any atom is 0.0213 e. The maximum atomic E-state index is 3.76. The molecule has 0 saturated heterocycles. The van der Waals surface area contributed by atoms with Gasteiger partial charge in [-0.2, -0.15) is 0 Å². The van der Waals surface area contributed by atoms with Crippen LogP contribution >= 0.6 is 15.9 Å². The molecule has 0 unspecified atom stereocenters. The Morgan fingerprint density at radius 2 is 1.95 bits per heavy atom. The zero-order valence-electron chi connectivity index (χ0n) is 12.0. The highest BCUT2D eigenvalue weighted by Crippen LogP contribution is 2.52. The first-order valence-electron chi connectivity index (χ1n) is 7.59. The monoisotopic (exact) mass is 321 g/mol. The fraction of sp³-hybridized carbons (Fsp3) is 0.647. The van der Waals surface area contributed by atoms with Crippen molar-refractivity contribution >= 4 is 15.9 Å². The van der Waals surface area contributed by atoms with Gasteiger partial charge < -0.3 is 5.32 Å². The molecule has 1 aromatic rings. The van der Waals surface area contributed by atoms with Crippen molar-refractivity contribution in [1.29, 1.82) is 0 Å². The lowest BCUT2D eigenvalue weighted by atomic mass is 9.56. The van der Waals surface area contributed by atoms with Crippen LogP contribution in [-0.2, 0) is 5.41 Å². The van der Waals surface area contributed by atoms with E-state index in [1.165, 1.54) is 35.7 Å². The van der Waals surface area contributed by atoms with Gasteiger partial charge in [0.25, 0.3) is 0 Å². The summed E-state index contributed by atoms with van der Waals surface area (Å²) in [5, 5.41) is 3.76. The Morgan fingerprint density at radius 1 is 1.26 bits per heavy atom. The van der Waals surface area contributed by atoms with Crippen LogP contribution in [-0.4, -0.2) is 12.6 Å². The predicted molar refractivity (Wildman–Crippen MR) is 84.4 cm³/mol. The zero-order valence-corrected chi connectivity index (χ0v) is 13.5. The van der Waals surface area contributed by atoms with Gasteiger partial charge >= 0.3 is 0 Å². The van der Waals surface area contributed by atoms with E-state index >= 15 is 0 Å². The number of halogens is 1. The molecular formula is C17H24BrN. The molecule has 3 rings (SSSR count). The maximum absolute atomic E-state index is 3.76. The van der Waals surface area contributed by atoms with Crippen molar-refractivity contribution in [3.8, 4) is 0 Å². The van der Waals surface area contributed by atoms with Gasteiger partial charge in [0.15, 0.2) is 0 Å². The Labute approximate surface area is 125 Å². The standard InChI is InChI=1S/C17H24BrN/c1-12(2)13-9-17(10-13,11-19-14-7-8-14)15-5-3-4-6-16(15)18/h3-6,12-14,19H,7-11H2,1-2H3. The van der Waals surface area contributed by atoms with Crippen LogP contribution in [0.2, 0.25) is 0 Å². The van der Waals surface area contributed by atoms with Crippen LogP contribution in [0.1, 0.15) is 45.1 Å². The molecule has 0 spiro atoms. The van der Waals surface area contributed by atoms with Gasteiger partial charge in [0.1, 0.15) is 0 Å². The Kier molecular flexibility index (Phi) is 3.74. The molecule has 0 aliphatic heterocycles. The molecule has 1 N–H and O–H groups in total. The fourth-order valence-electron chi connectivity index (χ4n) is 3.39. The summed E-state index contributed by atoms with van der Waals surface area (Å²) in [5.41, 5.74) is 1.89. The summed E-state index contributed by atoms with van der Waals surface area (Å²) in [6.07, 6.45) is 5.43. The smallest absolute Gasteiger partial charge is 0.0213 e. The molecule has 1 nitrogen and oxygen atoms in total. The molecule has 0 heterocycles. The van der Waals surface area contributed by atoms with Crippen LogP contribution in [0.25, 0.3) is 0 Å². The highest BCUT2D eigenvalue weighted by Gasteiger charge is 2.47. The molecule has 2 aliphatic carbocycles. The minimum Gasteiger partial charge on any atom is -0.313 e. The second kappa shape index (κ2) is 5.21. The van der Waals surface area contributed by atoms with E-state index in [1.807, 2.05) is 0 Å². The van der Waals surface area contributed by atoms with Gasteiger partial charge in [-0.3, -0.25) is 0 Å². The second-order valence-corrected chi connectivity index (χ2v) is 7.68. The number of hydrogen-bond donors (Lipinski definition) is 1. The van der Waals surface area contributed by atoms with Crippen molar-refractivity contribution < 1.29 is 0 Å². The number of hydrogen-bond acceptors (Lipinski definition) is 1. The average molecular weight is 322 g/mol. The third-order valence-electron chi connectivity index (χ3n) is 5.00. The van der Waals surface area contributed by atoms with Gasteiger partial charge in [0, 0.05) is 22.5 Å². The lowest BCUT2D eigenvalue weighted by molar-refractivity contribution is 0.0968. The van der Waals surface area contributed by atoms with E-state index in [2.05, 4.69) is 59.4 Å². The van der Waals surface area contributed by atoms with E-state index in [4.69, 9.17) is 0 Å². The van der Waals surface area contributed by atoms with Crippen molar-refractivity contribution in [2.45, 2.75) is 51.0 Å². The topological polar surface area (TPSA) is 12.0 Å². The highest BCUT2D eigenvalue weighted by atomic mass is 79.9. The molecule has 2 heteroatoms. The number of benzene rings is 1. The van der Waals surface area contributed by atoms with Gasteiger partial charge in [-0.05, 0) is 49.1 Å². The van der Waals surface area contributed by atoms with Crippen molar-refractivity contribution in [2.75, 3.05) is 6.54 Å². The van der Waals surface area contributed by atoms with Gasteiger partial charge in [-0.15, -0.1) is 0 Å². The average Bonchev–Trinajstić information content (AvgIpc) is 3.13. The first-order valence-corrected chi connectivity index (χ1v) is 8.38. The van der Waals surface area contributed by atoms with Crippen LogP contribution in [0, 0.1) is 11.8 Å². The van der Waals surface area contributed by atoms with E-state index in [0.717, 1.165) is 24.4 Å². The molecule has 2 saturated carbocycles. The van der Waals surface area contributed by atoms with Crippen LogP contribution in [0.5, 0.6) is 0 Å². The van der Waals surface area contributed by atoms with E-state index in [-0.39, 0.29) is 0 Å². The van der Waals surface area contributed by atoms with Crippen molar-refractivity contribution in [1.82, 2.24) is 5.32 Å². The van der Waals surface area contributed by atoms with Crippen LogP contribution < -0.4 is 5.32 Å². The molecule has 1 aromatic carbocycles. The lowest BCUT2D eigenvalue weighted by Gasteiger charge is -2.51. The summed E-state index contributed by atoms with van der Waals surface area (Å²) in [6, 6.07) is 9.61. The molecule has 104 valence electrons. The molecule has 0 radical (unpaired) electrons. The Balaban J connectivity index is 1.78. The van der Waals surface area contributed by atoms with Crippen molar-refractivity contribution in [3.63, 3.8) is 0 Å².